The molecule has 140 valence electrons. The van der Waals surface area contributed by atoms with Crippen molar-refractivity contribution in [2.45, 2.75) is 13.8 Å². The second-order valence-electron chi connectivity index (χ2n) is 6.28. The Morgan fingerprint density at radius 3 is 2.38 bits per heavy atom. The van der Waals surface area contributed by atoms with Gasteiger partial charge in [0.15, 0.2) is 6.73 Å². The Balaban J connectivity index is 0.00000243. The van der Waals surface area contributed by atoms with E-state index in [9.17, 15) is 4.79 Å². The summed E-state index contributed by atoms with van der Waals surface area (Å²) in [4.78, 5) is 16.5. The van der Waals surface area contributed by atoms with Crippen LogP contribution >= 0.6 is 12.4 Å². The van der Waals surface area contributed by atoms with Crippen LogP contribution in [-0.4, -0.2) is 43.8 Å². The number of halogens is 1. The highest BCUT2D eigenvalue weighted by atomic mass is 35.5. The predicted octanol–water partition coefficient (Wildman–Crippen LogP) is 3.59. The van der Waals surface area contributed by atoms with Crippen LogP contribution in [0.1, 0.15) is 11.1 Å². The van der Waals surface area contributed by atoms with Gasteiger partial charge in [-0.1, -0.05) is 30.3 Å². The van der Waals surface area contributed by atoms with E-state index in [0.717, 1.165) is 18.8 Å². The highest BCUT2D eigenvalue weighted by Gasteiger charge is 2.22. The third kappa shape index (κ3) is 4.82. The van der Waals surface area contributed by atoms with Crippen LogP contribution in [0.5, 0.6) is 5.75 Å². The molecule has 0 radical (unpaired) electrons. The van der Waals surface area contributed by atoms with Crippen LogP contribution in [0.25, 0.3) is 0 Å². The van der Waals surface area contributed by atoms with Crippen LogP contribution in [0.4, 0.5) is 10.5 Å². The number of ether oxygens (including phenoxy) is 1. The Hall–Kier alpha value is -2.40. The molecule has 0 aromatic heterocycles. The Kier molecular flexibility index (Phi) is 7.16. The zero-order valence-electron chi connectivity index (χ0n) is 15.3. The molecule has 0 atom stereocenters. The van der Waals surface area contributed by atoms with Crippen molar-refractivity contribution in [3.05, 3.63) is 59.7 Å². The molecule has 1 aliphatic rings. The zero-order valence-corrected chi connectivity index (χ0v) is 16.1. The Bertz CT molecular complexity index is 716. The Morgan fingerprint density at radius 2 is 1.69 bits per heavy atom. The van der Waals surface area contributed by atoms with Crippen molar-refractivity contribution in [2.75, 3.05) is 37.8 Å². The van der Waals surface area contributed by atoms with Crippen molar-refractivity contribution >= 4 is 24.1 Å². The smallest absolute Gasteiger partial charge is 0.320 e. The SMILES string of the molecule is Cc1cccc(N2CCN(C(=O)NCOc3ccccc3)CC2)c1C.Cl. The van der Waals surface area contributed by atoms with Gasteiger partial charge >= 0.3 is 6.03 Å². The lowest BCUT2D eigenvalue weighted by Crippen LogP contribution is -2.52. The van der Waals surface area contributed by atoms with Crippen LogP contribution in [0, 0.1) is 13.8 Å². The summed E-state index contributed by atoms with van der Waals surface area (Å²) in [5.74, 6) is 0.752. The molecule has 5 nitrogen and oxygen atoms in total. The number of amides is 2. The second-order valence-corrected chi connectivity index (χ2v) is 6.28. The maximum atomic E-state index is 12.3. The lowest BCUT2D eigenvalue weighted by atomic mass is 10.1. The van der Waals surface area contributed by atoms with E-state index in [1.807, 2.05) is 35.2 Å². The van der Waals surface area contributed by atoms with Gasteiger partial charge < -0.3 is 19.9 Å². The number of carbonyl (C=O) groups is 1. The van der Waals surface area contributed by atoms with Crippen LogP contribution in [0.15, 0.2) is 48.5 Å². The first-order valence-corrected chi connectivity index (χ1v) is 8.67. The largest absolute Gasteiger partial charge is 0.473 e. The molecule has 1 fully saturated rings. The maximum Gasteiger partial charge on any atom is 0.320 e. The third-order valence-electron chi connectivity index (χ3n) is 4.69. The highest BCUT2D eigenvalue weighted by molar-refractivity contribution is 5.85. The average Bonchev–Trinajstić information content (AvgIpc) is 2.65. The van der Waals surface area contributed by atoms with Gasteiger partial charge in [-0.2, -0.15) is 0 Å². The molecule has 1 heterocycles. The van der Waals surface area contributed by atoms with E-state index < -0.39 is 0 Å². The van der Waals surface area contributed by atoms with Gasteiger partial charge in [0, 0.05) is 31.9 Å². The first-order chi connectivity index (χ1) is 12.1. The van der Waals surface area contributed by atoms with Gasteiger partial charge in [0.05, 0.1) is 0 Å². The summed E-state index contributed by atoms with van der Waals surface area (Å²) in [5, 5.41) is 2.82. The monoisotopic (exact) mass is 375 g/mol. The molecule has 0 bridgehead atoms. The molecule has 0 unspecified atom stereocenters. The molecule has 6 heteroatoms. The van der Waals surface area contributed by atoms with Crippen molar-refractivity contribution in [1.82, 2.24) is 10.2 Å². The number of anilines is 1. The number of nitrogens with one attached hydrogen (secondary N) is 1. The summed E-state index contributed by atoms with van der Waals surface area (Å²) in [6.07, 6.45) is 0. The van der Waals surface area contributed by atoms with E-state index in [1.54, 1.807) is 0 Å². The third-order valence-corrected chi connectivity index (χ3v) is 4.69. The molecule has 0 spiro atoms. The Labute approximate surface area is 161 Å². The number of urea groups is 1. The Morgan fingerprint density at radius 1 is 1.00 bits per heavy atom. The van der Waals surface area contributed by atoms with Crippen LogP contribution in [-0.2, 0) is 0 Å². The summed E-state index contributed by atoms with van der Waals surface area (Å²) < 4.78 is 5.52. The van der Waals surface area contributed by atoms with Gasteiger partial charge in [-0.3, -0.25) is 0 Å². The topological polar surface area (TPSA) is 44.8 Å². The molecule has 1 saturated heterocycles. The number of para-hydroxylation sites is 1. The quantitative estimate of drug-likeness (QED) is 0.830. The number of benzene rings is 2. The number of hydrogen-bond donors (Lipinski definition) is 1. The fraction of sp³-hybridized carbons (Fsp3) is 0.350. The molecule has 0 saturated carbocycles. The molecule has 2 aromatic carbocycles. The first-order valence-electron chi connectivity index (χ1n) is 8.67. The van der Waals surface area contributed by atoms with Crippen LogP contribution in [0.2, 0.25) is 0 Å². The van der Waals surface area contributed by atoms with E-state index >= 15 is 0 Å². The average molecular weight is 376 g/mol. The molecular formula is C20H26ClN3O2. The summed E-state index contributed by atoms with van der Waals surface area (Å²) >= 11 is 0. The maximum absolute atomic E-state index is 12.3. The van der Waals surface area contributed by atoms with Crippen molar-refractivity contribution in [2.24, 2.45) is 0 Å². The zero-order chi connectivity index (χ0) is 17.6. The van der Waals surface area contributed by atoms with E-state index in [-0.39, 0.29) is 25.2 Å². The molecule has 2 aromatic rings. The summed E-state index contributed by atoms with van der Waals surface area (Å²) in [6.45, 7) is 7.59. The van der Waals surface area contributed by atoms with Gasteiger partial charge in [-0.25, -0.2) is 4.79 Å². The van der Waals surface area contributed by atoms with E-state index in [0.29, 0.717) is 13.1 Å². The molecule has 0 aliphatic carbocycles. The molecule has 3 rings (SSSR count). The lowest BCUT2D eigenvalue weighted by molar-refractivity contribution is 0.181. The van der Waals surface area contributed by atoms with Crippen molar-refractivity contribution < 1.29 is 9.53 Å². The van der Waals surface area contributed by atoms with Gasteiger partial charge in [-0.15, -0.1) is 12.4 Å². The standard InChI is InChI=1S/C20H25N3O2.ClH/c1-16-7-6-10-19(17(16)2)22-11-13-23(14-12-22)20(24)21-15-25-18-8-4-3-5-9-18;/h3-10H,11-15H2,1-2H3,(H,21,24);1H. The molecule has 26 heavy (non-hydrogen) atoms. The fourth-order valence-electron chi connectivity index (χ4n) is 3.04. The van der Waals surface area contributed by atoms with Crippen molar-refractivity contribution in [3.8, 4) is 5.75 Å². The lowest BCUT2D eigenvalue weighted by Gasteiger charge is -2.37. The number of carbonyl (C=O) groups excluding carboxylic acids is 1. The number of aryl methyl sites for hydroxylation is 1. The van der Waals surface area contributed by atoms with Gasteiger partial charge in [0.1, 0.15) is 5.75 Å². The number of rotatable bonds is 4. The minimum Gasteiger partial charge on any atom is -0.473 e. The fourth-order valence-corrected chi connectivity index (χ4v) is 3.04. The number of nitrogens with zero attached hydrogens (tertiary/aromatic N) is 2. The van der Waals surface area contributed by atoms with Gasteiger partial charge in [-0.05, 0) is 43.2 Å². The minimum atomic E-state index is -0.0726. The van der Waals surface area contributed by atoms with E-state index in [4.69, 9.17) is 4.74 Å². The summed E-state index contributed by atoms with van der Waals surface area (Å²) in [6, 6.07) is 15.8. The van der Waals surface area contributed by atoms with Crippen LogP contribution < -0.4 is 15.0 Å². The van der Waals surface area contributed by atoms with Crippen molar-refractivity contribution in [3.63, 3.8) is 0 Å². The molecule has 2 amide bonds. The predicted molar refractivity (Wildman–Crippen MR) is 107 cm³/mol. The molecular weight excluding hydrogens is 350 g/mol. The summed E-state index contributed by atoms with van der Waals surface area (Å²) in [7, 11) is 0. The number of hydrogen-bond acceptors (Lipinski definition) is 3. The van der Waals surface area contributed by atoms with E-state index in [2.05, 4.69) is 42.3 Å². The summed E-state index contributed by atoms with van der Waals surface area (Å²) in [5.41, 5.74) is 3.89. The molecule has 1 N–H and O–H groups in total. The minimum absolute atomic E-state index is 0. The first kappa shape index (κ1) is 19.9. The number of piperazine rings is 1. The second kappa shape index (κ2) is 9.34. The van der Waals surface area contributed by atoms with Gasteiger partial charge in [0.2, 0.25) is 0 Å². The van der Waals surface area contributed by atoms with E-state index in [1.165, 1.54) is 16.8 Å². The normalized spacial score (nSPS) is 13.8. The molecule has 1 aliphatic heterocycles. The highest BCUT2D eigenvalue weighted by Crippen LogP contribution is 2.23. The van der Waals surface area contributed by atoms with Crippen LogP contribution in [0.3, 0.4) is 0 Å². The van der Waals surface area contributed by atoms with Gasteiger partial charge in [0.25, 0.3) is 0 Å². The van der Waals surface area contributed by atoms with Crippen molar-refractivity contribution in [1.29, 1.82) is 0 Å².